The van der Waals surface area contributed by atoms with E-state index in [9.17, 15) is 0 Å². The molecule has 0 spiro atoms. The maximum Gasteiger partial charge on any atom is 0.0599 e. The molecule has 2 rings (SSSR count). The number of rotatable bonds is 7. The largest absolute Gasteiger partial charge is 0.378 e. The van der Waals surface area contributed by atoms with Gasteiger partial charge in [0, 0.05) is 19.7 Å². The fourth-order valence-corrected chi connectivity index (χ4v) is 4.17. The lowest BCUT2D eigenvalue weighted by atomic mass is 9.75. The van der Waals surface area contributed by atoms with Gasteiger partial charge in [0.05, 0.1) is 6.10 Å². The Morgan fingerprint density at radius 3 is 2.24 bits per heavy atom. The highest BCUT2D eigenvalue weighted by Crippen LogP contribution is 2.36. The quantitative estimate of drug-likeness (QED) is 0.673. The monoisotopic (exact) mass is 295 g/mol. The van der Waals surface area contributed by atoms with Crippen LogP contribution >= 0.6 is 0 Å². The van der Waals surface area contributed by atoms with E-state index in [1.165, 1.54) is 71.0 Å². The Kier molecular flexibility index (Phi) is 7.53. The summed E-state index contributed by atoms with van der Waals surface area (Å²) in [5, 5.41) is 0. The van der Waals surface area contributed by atoms with E-state index in [2.05, 4.69) is 25.7 Å². The van der Waals surface area contributed by atoms with Crippen molar-refractivity contribution in [2.45, 2.75) is 78.2 Å². The Bertz CT molecular complexity index is 265. The number of likely N-dealkylation sites (tertiary alicyclic amines) is 1. The second-order valence-electron chi connectivity index (χ2n) is 7.46. The van der Waals surface area contributed by atoms with Gasteiger partial charge < -0.3 is 9.64 Å². The Balaban J connectivity index is 1.54. The van der Waals surface area contributed by atoms with Gasteiger partial charge in [-0.15, -0.1) is 0 Å². The lowest BCUT2D eigenvalue weighted by Crippen LogP contribution is -2.37. The lowest BCUT2D eigenvalue weighted by Gasteiger charge is -2.33. The average molecular weight is 296 g/mol. The molecule has 0 bridgehead atoms. The Hall–Kier alpha value is -0.0800. The van der Waals surface area contributed by atoms with E-state index >= 15 is 0 Å². The second kappa shape index (κ2) is 9.15. The summed E-state index contributed by atoms with van der Waals surface area (Å²) >= 11 is 0. The van der Waals surface area contributed by atoms with Gasteiger partial charge in [-0.05, 0) is 56.4 Å². The first-order valence-corrected chi connectivity index (χ1v) is 9.56. The summed E-state index contributed by atoms with van der Waals surface area (Å²) in [5.74, 6) is 2.89. The molecule has 2 aliphatic rings. The summed E-state index contributed by atoms with van der Waals surface area (Å²) in [4.78, 5) is 2.54. The SMILES string of the molecule is CCC(C)C1CCC(CCOC2CCN(CC)CC2)CC1. The molecule has 1 aliphatic heterocycles. The minimum absolute atomic E-state index is 0.546. The van der Waals surface area contributed by atoms with E-state index in [0.29, 0.717) is 6.10 Å². The summed E-state index contributed by atoms with van der Waals surface area (Å²) in [6.07, 6.45) is 11.5. The van der Waals surface area contributed by atoms with E-state index in [1.54, 1.807) is 0 Å². The molecule has 1 aliphatic carbocycles. The molecule has 21 heavy (non-hydrogen) atoms. The highest BCUT2D eigenvalue weighted by Gasteiger charge is 2.24. The summed E-state index contributed by atoms with van der Waals surface area (Å²) < 4.78 is 6.15. The van der Waals surface area contributed by atoms with E-state index < -0.39 is 0 Å². The molecule has 2 heteroatoms. The van der Waals surface area contributed by atoms with Crippen molar-refractivity contribution in [3.63, 3.8) is 0 Å². The number of nitrogens with zero attached hydrogens (tertiary/aromatic N) is 1. The van der Waals surface area contributed by atoms with Crippen molar-refractivity contribution in [2.24, 2.45) is 17.8 Å². The van der Waals surface area contributed by atoms with Crippen molar-refractivity contribution in [3.8, 4) is 0 Å². The predicted octanol–water partition coefficient (Wildman–Crippen LogP) is 4.73. The van der Waals surface area contributed by atoms with Crippen LogP contribution in [-0.4, -0.2) is 37.2 Å². The van der Waals surface area contributed by atoms with Gasteiger partial charge in [-0.3, -0.25) is 0 Å². The molecule has 2 nitrogen and oxygen atoms in total. The third-order valence-corrected chi connectivity index (χ3v) is 6.20. The van der Waals surface area contributed by atoms with Crippen molar-refractivity contribution in [2.75, 3.05) is 26.2 Å². The first-order chi connectivity index (χ1) is 10.2. The van der Waals surface area contributed by atoms with Crippen molar-refractivity contribution in [3.05, 3.63) is 0 Å². The normalized spacial score (nSPS) is 30.4. The molecular formula is C19H37NO. The van der Waals surface area contributed by atoms with Gasteiger partial charge in [-0.2, -0.15) is 0 Å². The second-order valence-corrected chi connectivity index (χ2v) is 7.46. The average Bonchev–Trinajstić information content (AvgIpc) is 2.55. The first kappa shape index (κ1) is 17.3. The van der Waals surface area contributed by atoms with Crippen molar-refractivity contribution in [1.82, 2.24) is 4.90 Å². The van der Waals surface area contributed by atoms with Crippen LogP contribution in [0.25, 0.3) is 0 Å². The molecule has 1 saturated carbocycles. The molecule has 1 atom stereocenters. The molecule has 0 aromatic carbocycles. The van der Waals surface area contributed by atoms with Gasteiger partial charge >= 0.3 is 0 Å². The molecule has 1 unspecified atom stereocenters. The zero-order chi connectivity index (χ0) is 15.1. The lowest BCUT2D eigenvalue weighted by molar-refractivity contribution is 0.000128. The highest BCUT2D eigenvalue weighted by molar-refractivity contribution is 4.76. The van der Waals surface area contributed by atoms with Crippen LogP contribution < -0.4 is 0 Å². The number of hydrogen-bond acceptors (Lipinski definition) is 2. The van der Waals surface area contributed by atoms with Crippen LogP contribution in [0.3, 0.4) is 0 Å². The summed E-state index contributed by atoms with van der Waals surface area (Å²) in [7, 11) is 0. The molecule has 1 heterocycles. The molecule has 0 aromatic rings. The molecule has 0 radical (unpaired) electrons. The third-order valence-electron chi connectivity index (χ3n) is 6.20. The Morgan fingerprint density at radius 2 is 1.67 bits per heavy atom. The van der Waals surface area contributed by atoms with E-state index in [4.69, 9.17) is 4.74 Å². The van der Waals surface area contributed by atoms with Crippen LogP contribution in [0.1, 0.15) is 72.1 Å². The first-order valence-electron chi connectivity index (χ1n) is 9.56. The van der Waals surface area contributed by atoms with Crippen molar-refractivity contribution < 1.29 is 4.74 Å². The van der Waals surface area contributed by atoms with E-state index in [-0.39, 0.29) is 0 Å². The highest BCUT2D eigenvalue weighted by atomic mass is 16.5. The van der Waals surface area contributed by atoms with Crippen LogP contribution in [0.2, 0.25) is 0 Å². The van der Waals surface area contributed by atoms with Crippen LogP contribution in [0, 0.1) is 17.8 Å². The van der Waals surface area contributed by atoms with Gasteiger partial charge in [-0.25, -0.2) is 0 Å². The summed E-state index contributed by atoms with van der Waals surface area (Å²) in [5.41, 5.74) is 0. The minimum Gasteiger partial charge on any atom is -0.378 e. The van der Waals surface area contributed by atoms with Gasteiger partial charge in [0.15, 0.2) is 0 Å². The number of hydrogen-bond donors (Lipinski definition) is 0. The Morgan fingerprint density at radius 1 is 1.00 bits per heavy atom. The molecular weight excluding hydrogens is 258 g/mol. The van der Waals surface area contributed by atoms with Crippen molar-refractivity contribution >= 4 is 0 Å². The van der Waals surface area contributed by atoms with Crippen molar-refractivity contribution in [1.29, 1.82) is 0 Å². The minimum atomic E-state index is 0.546. The van der Waals surface area contributed by atoms with Crippen LogP contribution in [-0.2, 0) is 4.74 Å². The topological polar surface area (TPSA) is 12.5 Å². The molecule has 0 aromatic heterocycles. The molecule has 0 amide bonds. The molecule has 124 valence electrons. The zero-order valence-corrected chi connectivity index (χ0v) is 14.7. The maximum atomic E-state index is 6.15. The van der Waals surface area contributed by atoms with Gasteiger partial charge in [0.2, 0.25) is 0 Å². The summed E-state index contributed by atoms with van der Waals surface area (Å²) in [6, 6.07) is 0. The zero-order valence-electron chi connectivity index (χ0n) is 14.7. The van der Waals surface area contributed by atoms with E-state index in [0.717, 1.165) is 24.4 Å². The van der Waals surface area contributed by atoms with Crippen LogP contribution in [0.4, 0.5) is 0 Å². The fraction of sp³-hybridized carbons (Fsp3) is 1.00. The molecule has 2 fully saturated rings. The number of ether oxygens (including phenoxy) is 1. The van der Waals surface area contributed by atoms with E-state index in [1.807, 2.05) is 0 Å². The van der Waals surface area contributed by atoms with Crippen LogP contribution in [0.5, 0.6) is 0 Å². The fourth-order valence-electron chi connectivity index (χ4n) is 4.17. The predicted molar refractivity (Wildman–Crippen MR) is 90.6 cm³/mol. The van der Waals surface area contributed by atoms with Gasteiger partial charge in [-0.1, -0.05) is 40.0 Å². The Labute approximate surface area is 132 Å². The van der Waals surface area contributed by atoms with Crippen LogP contribution in [0.15, 0.2) is 0 Å². The van der Waals surface area contributed by atoms with Gasteiger partial charge in [0.1, 0.15) is 0 Å². The van der Waals surface area contributed by atoms with Gasteiger partial charge in [0.25, 0.3) is 0 Å². The standard InChI is InChI=1S/C19H37NO/c1-4-16(3)18-8-6-17(7-9-18)12-15-21-19-10-13-20(5-2)14-11-19/h16-19H,4-15H2,1-3H3. The molecule has 0 N–H and O–H groups in total. The smallest absolute Gasteiger partial charge is 0.0599 e. The summed E-state index contributed by atoms with van der Waals surface area (Å²) in [6.45, 7) is 11.7. The number of piperidine rings is 1. The maximum absolute atomic E-state index is 6.15. The third kappa shape index (κ3) is 5.56. The molecule has 1 saturated heterocycles.